The Bertz CT molecular complexity index is 858. The van der Waals surface area contributed by atoms with Gasteiger partial charge in [-0.2, -0.15) is 0 Å². The molecule has 0 unspecified atom stereocenters. The number of nitrogens with zero attached hydrogens (tertiary/aromatic N) is 2. The lowest BCUT2D eigenvalue weighted by molar-refractivity contribution is -0.118. The van der Waals surface area contributed by atoms with E-state index >= 15 is 0 Å². The fraction of sp³-hybridized carbons (Fsp3) is 0.158. The fourth-order valence-corrected chi connectivity index (χ4v) is 2.78. The molecule has 2 aromatic carbocycles. The van der Waals surface area contributed by atoms with E-state index in [1.807, 2.05) is 54.6 Å². The number of carbonyl (C=O) groups is 1. The van der Waals surface area contributed by atoms with Crippen molar-refractivity contribution in [2.45, 2.75) is 6.42 Å². The smallest absolute Gasteiger partial charge is 0.233 e. The number of rotatable bonds is 3. The average molecular weight is 320 g/mol. The molecule has 0 radical (unpaired) electrons. The molecule has 0 atom stereocenters. The number of fused-ring (bicyclic) bond motifs is 1. The highest BCUT2D eigenvalue weighted by molar-refractivity contribution is 5.96. The molecule has 1 aromatic heterocycles. The van der Waals surface area contributed by atoms with Crippen LogP contribution in [0, 0.1) is 0 Å². The van der Waals surface area contributed by atoms with Crippen molar-refractivity contribution in [3.63, 3.8) is 0 Å². The Morgan fingerprint density at radius 3 is 2.75 bits per heavy atom. The number of para-hydroxylation sites is 2. The second-order valence-corrected chi connectivity index (χ2v) is 5.55. The van der Waals surface area contributed by atoms with Crippen LogP contribution in [0.25, 0.3) is 11.5 Å². The molecule has 0 saturated heterocycles. The third-order valence-corrected chi connectivity index (χ3v) is 3.93. The molecular formula is C19H16N2O3. The molecule has 0 saturated carbocycles. The molecule has 0 N–H and O–H groups in total. The lowest BCUT2D eigenvalue weighted by atomic mass is 10.2. The van der Waals surface area contributed by atoms with Crippen LogP contribution in [-0.4, -0.2) is 24.0 Å². The highest BCUT2D eigenvalue weighted by Crippen LogP contribution is 2.31. The molecule has 120 valence electrons. The molecule has 1 amide bonds. The second kappa shape index (κ2) is 6.20. The Labute approximate surface area is 139 Å². The van der Waals surface area contributed by atoms with Crippen molar-refractivity contribution in [2.24, 2.45) is 0 Å². The van der Waals surface area contributed by atoms with Crippen LogP contribution in [0.4, 0.5) is 5.69 Å². The van der Waals surface area contributed by atoms with Gasteiger partial charge in [0.15, 0.2) is 0 Å². The van der Waals surface area contributed by atoms with Crippen molar-refractivity contribution < 1.29 is 13.9 Å². The number of ether oxygens (including phenoxy) is 1. The summed E-state index contributed by atoms with van der Waals surface area (Å²) in [6.45, 7) is 1.04. The van der Waals surface area contributed by atoms with Crippen LogP contribution in [-0.2, 0) is 11.2 Å². The molecule has 4 rings (SSSR count). The second-order valence-electron chi connectivity index (χ2n) is 5.55. The minimum atomic E-state index is -0.0151. The van der Waals surface area contributed by atoms with Gasteiger partial charge in [0.2, 0.25) is 11.8 Å². The van der Waals surface area contributed by atoms with Crippen molar-refractivity contribution in [3.05, 3.63) is 66.6 Å². The highest BCUT2D eigenvalue weighted by atomic mass is 16.5. The molecule has 0 fully saturated rings. The minimum Gasteiger partial charge on any atom is -0.490 e. The Hall–Kier alpha value is -3.08. The third kappa shape index (κ3) is 2.76. The molecule has 0 bridgehead atoms. The zero-order valence-electron chi connectivity index (χ0n) is 13.0. The summed E-state index contributed by atoms with van der Waals surface area (Å²) in [7, 11) is 0. The maximum Gasteiger partial charge on any atom is 0.233 e. The number of benzene rings is 2. The van der Waals surface area contributed by atoms with Crippen LogP contribution in [0.15, 0.2) is 65.3 Å². The molecule has 0 spiro atoms. The van der Waals surface area contributed by atoms with Crippen LogP contribution in [0.2, 0.25) is 0 Å². The number of anilines is 1. The van der Waals surface area contributed by atoms with Gasteiger partial charge in [0.25, 0.3) is 0 Å². The summed E-state index contributed by atoms with van der Waals surface area (Å²) in [5.41, 5.74) is 2.33. The van der Waals surface area contributed by atoms with Crippen LogP contribution >= 0.6 is 0 Å². The van der Waals surface area contributed by atoms with Gasteiger partial charge in [0.1, 0.15) is 18.6 Å². The first-order valence-corrected chi connectivity index (χ1v) is 7.83. The van der Waals surface area contributed by atoms with E-state index in [0.29, 0.717) is 24.7 Å². The van der Waals surface area contributed by atoms with Gasteiger partial charge in [-0.1, -0.05) is 30.3 Å². The van der Waals surface area contributed by atoms with Crippen molar-refractivity contribution in [1.29, 1.82) is 0 Å². The normalized spacial score (nSPS) is 13.2. The summed E-state index contributed by atoms with van der Waals surface area (Å²) in [5, 5.41) is 0. The summed E-state index contributed by atoms with van der Waals surface area (Å²) in [6.07, 6.45) is 1.75. The van der Waals surface area contributed by atoms with Gasteiger partial charge in [-0.15, -0.1) is 0 Å². The van der Waals surface area contributed by atoms with Gasteiger partial charge in [0.05, 0.1) is 24.3 Å². The molecule has 5 heteroatoms. The quantitative estimate of drug-likeness (QED) is 0.743. The number of carbonyl (C=O) groups excluding carboxylic acids is 1. The largest absolute Gasteiger partial charge is 0.490 e. The SMILES string of the molecule is O=C(Cc1coc(-c2ccccc2)n1)N1CCOc2ccccc21. The summed E-state index contributed by atoms with van der Waals surface area (Å²) >= 11 is 0. The topological polar surface area (TPSA) is 55.6 Å². The zero-order chi connectivity index (χ0) is 16.4. The lowest BCUT2D eigenvalue weighted by Crippen LogP contribution is -2.38. The molecule has 5 nitrogen and oxygen atoms in total. The molecular weight excluding hydrogens is 304 g/mol. The fourth-order valence-electron chi connectivity index (χ4n) is 2.78. The predicted octanol–water partition coefficient (Wildman–Crippen LogP) is 3.31. The minimum absolute atomic E-state index is 0.0151. The lowest BCUT2D eigenvalue weighted by Gasteiger charge is -2.29. The Morgan fingerprint density at radius 1 is 1.08 bits per heavy atom. The van der Waals surface area contributed by atoms with Gasteiger partial charge in [0, 0.05) is 5.56 Å². The van der Waals surface area contributed by atoms with E-state index in [1.54, 1.807) is 11.2 Å². The molecule has 0 aliphatic carbocycles. The van der Waals surface area contributed by atoms with Crippen LogP contribution in [0.3, 0.4) is 0 Å². The van der Waals surface area contributed by atoms with Gasteiger partial charge >= 0.3 is 0 Å². The average Bonchev–Trinajstić information content (AvgIpc) is 3.10. The maximum atomic E-state index is 12.7. The van der Waals surface area contributed by atoms with Gasteiger partial charge < -0.3 is 14.1 Å². The van der Waals surface area contributed by atoms with Crippen LogP contribution in [0.1, 0.15) is 5.69 Å². The van der Waals surface area contributed by atoms with Gasteiger partial charge in [-0.3, -0.25) is 4.79 Å². The van der Waals surface area contributed by atoms with Crippen molar-refractivity contribution in [3.8, 4) is 17.2 Å². The summed E-state index contributed by atoms with van der Waals surface area (Å²) in [5.74, 6) is 1.25. The number of aromatic nitrogens is 1. The van der Waals surface area contributed by atoms with Crippen LogP contribution < -0.4 is 9.64 Å². The van der Waals surface area contributed by atoms with Crippen LogP contribution in [0.5, 0.6) is 5.75 Å². The van der Waals surface area contributed by atoms with Gasteiger partial charge in [-0.05, 0) is 24.3 Å². The molecule has 24 heavy (non-hydrogen) atoms. The predicted molar refractivity (Wildman–Crippen MR) is 89.9 cm³/mol. The Kier molecular flexibility index (Phi) is 3.75. The number of hydrogen-bond donors (Lipinski definition) is 0. The standard InChI is InChI=1S/C19H16N2O3/c22-18(21-10-11-23-17-9-5-4-8-16(17)21)12-15-13-24-19(20-15)14-6-2-1-3-7-14/h1-9,13H,10-12H2. The zero-order valence-corrected chi connectivity index (χ0v) is 13.0. The number of oxazole rings is 1. The summed E-state index contributed by atoms with van der Waals surface area (Å²) in [6, 6.07) is 17.2. The van der Waals surface area contributed by atoms with Gasteiger partial charge in [-0.25, -0.2) is 4.98 Å². The molecule has 2 heterocycles. The summed E-state index contributed by atoms with van der Waals surface area (Å²) < 4.78 is 11.1. The Morgan fingerprint density at radius 2 is 1.88 bits per heavy atom. The maximum absolute atomic E-state index is 12.7. The van der Waals surface area contributed by atoms with E-state index in [4.69, 9.17) is 9.15 Å². The number of hydrogen-bond acceptors (Lipinski definition) is 4. The Balaban J connectivity index is 1.53. The molecule has 1 aliphatic rings. The van der Waals surface area contributed by atoms with E-state index in [-0.39, 0.29) is 12.3 Å². The number of amides is 1. The monoisotopic (exact) mass is 320 g/mol. The van der Waals surface area contributed by atoms with E-state index in [1.165, 1.54) is 0 Å². The highest BCUT2D eigenvalue weighted by Gasteiger charge is 2.24. The van der Waals surface area contributed by atoms with Crippen molar-refractivity contribution in [1.82, 2.24) is 4.98 Å². The molecule has 1 aliphatic heterocycles. The first kappa shape index (κ1) is 14.5. The first-order chi connectivity index (χ1) is 11.8. The third-order valence-electron chi connectivity index (χ3n) is 3.93. The van der Waals surface area contributed by atoms with E-state index in [0.717, 1.165) is 17.0 Å². The van der Waals surface area contributed by atoms with Crippen molar-refractivity contribution >= 4 is 11.6 Å². The van der Waals surface area contributed by atoms with Crippen molar-refractivity contribution in [2.75, 3.05) is 18.1 Å². The summed E-state index contributed by atoms with van der Waals surface area (Å²) in [4.78, 5) is 18.8. The van der Waals surface area contributed by atoms with E-state index in [9.17, 15) is 4.79 Å². The van der Waals surface area contributed by atoms with E-state index in [2.05, 4.69) is 4.98 Å². The van der Waals surface area contributed by atoms with E-state index < -0.39 is 0 Å². The molecule has 3 aromatic rings. The first-order valence-electron chi connectivity index (χ1n) is 7.83.